The maximum atomic E-state index is 15.5. The zero-order valence-electron chi connectivity index (χ0n) is 24.5. The zero-order chi connectivity index (χ0) is 30.4. The van der Waals surface area contributed by atoms with Crippen molar-refractivity contribution in [2.24, 2.45) is 11.8 Å². The number of fused-ring (bicyclic) bond motifs is 4. The highest BCUT2D eigenvalue weighted by Gasteiger charge is 2.47. The largest absolute Gasteiger partial charge is 0.420 e. The van der Waals surface area contributed by atoms with Crippen LogP contribution in [0.3, 0.4) is 0 Å². The Balaban J connectivity index is 1.62. The Labute approximate surface area is 253 Å². The van der Waals surface area contributed by atoms with Crippen LogP contribution in [0.25, 0.3) is 0 Å². The van der Waals surface area contributed by atoms with Gasteiger partial charge in [-0.25, -0.2) is 8.78 Å². The van der Waals surface area contributed by atoms with E-state index in [1.807, 2.05) is 29.3 Å². The highest BCUT2D eigenvalue weighted by Crippen LogP contribution is 2.46. The van der Waals surface area contributed by atoms with E-state index >= 15 is 4.39 Å². The minimum Gasteiger partial charge on any atom is -0.420 e. The average molecular weight is 608 g/mol. The molecule has 7 nitrogen and oxygen atoms in total. The van der Waals surface area contributed by atoms with E-state index in [2.05, 4.69) is 6.92 Å². The fraction of sp³-hybridized carbons (Fsp3) is 0.424. The predicted molar refractivity (Wildman–Crippen MR) is 161 cm³/mol. The maximum Gasteiger partial charge on any atom is 0.313 e. The van der Waals surface area contributed by atoms with E-state index in [9.17, 15) is 18.8 Å². The molecule has 3 aliphatic rings. The van der Waals surface area contributed by atoms with Crippen molar-refractivity contribution < 1.29 is 23.1 Å². The summed E-state index contributed by atoms with van der Waals surface area (Å²) >= 11 is 1.44. The van der Waals surface area contributed by atoms with Gasteiger partial charge in [-0.3, -0.25) is 24.1 Å². The summed E-state index contributed by atoms with van der Waals surface area (Å²) in [5.41, 5.74) is 1.12. The molecule has 226 valence electrons. The highest BCUT2D eigenvalue weighted by atomic mass is 32.2. The summed E-state index contributed by atoms with van der Waals surface area (Å²) in [6, 6.07) is 11.2. The molecule has 0 saturated carbocycles. The lowest BCUT2D eigenvalue weighted by atomic mass is 9.87. The van der Waals surface area contributed by atoms with Crippen molar-refractivity contribution in [3.8, 4) is 5.75 Å². The van der Waals surface area contributed by atoms with Gasteiger partial charge in [0.1, 0.15) is 6.17 Å². The minimum absolute atomic E-state index is 0.0386. The Morgan fingerprint density at radius 1 is 1.09 bits per heavy atom. The standard InChI is InChI=1S/C33H35F2N3O4S/c1-4-5-8-20-13-15-36-27(17-20)38(37-16-14-25(39)31(30(37)32(36)40)42-33(41)19(2)3)29-21-11-12-24(34)28(35)23(21)18-43-26-10-7-6-9-22(26)29/h6-7,9-12,14,16,19-20,27,29H,4-5,8,13,15,17-18H2,1-3H3. The van der Waals surface area contributed by atoms with Gasteiger partial charge in [0.25, 0.3) is 5.91 Å². The van der Waals surface area contributed by atoms with Crippen LogP contribution in [0.4, 0.5) is 8.78 Å². The lowest BCUT2D eigenvalue weighted by molar-refractivity contribution is -0.137. The third-order valence-corrected chi connectivity index (χ3v) is 9.87. The highest BCUT2D eigenvalue weighted by molar-refractivity contribution is 7.98. The molecule has 3 aromatic rings. The molecule has 0 spiro atoms. The fourth-order valence-corrected chi connectivity index (χ4v) is 7.61. The first-order valence-electron chi connectivity index (χ1n) is 15.0. The van der Waals surface area contributed by atoms with Crippen molar-refractivity contribution in [1.29, 1.82) is 0 Å². The monoisotopic (exact) mass is 607 g/mol. The van der Waals surface area contributed by atoms with Gasteiger partial charge >= 0.3 is 5.97 Å². The number of hydrogen-bond donors (Lipinski definition) is 0. The molecule has 10 heteroatoms. The van der Waals surface area contributed by atoms with Crippen molar-refractivity contribution in [1.82, 2.24) is 9.58 Å². The van der Waals surface area contributed by atoms with E-state index in [-0.39, 0.29) is 28.7 Å². The number of ether oxygens (including phenoxy) is 1. The summed E-state index contributed by atoms with van der Waals surface area (Å²) < 4.78 is 37.3. The third kappa shape index (κ3) is 5.13. The topological polar surface area (TPSA) is 71.8 Å². The first kappa shape index (κ1) is 29.4. The fourth-order valence-electron chi connectivity index (χ4n) is 6.50. The minimum atomic E-state index is -0.913. The lowest BCUT2D eigenvalue weighted by Gasteiger charge is -2.53. The second-order valence-corrected chi connectivity index (χ2v) is 12.8. The molecular formula is C33H35F2N3O4S. The molecule has 4 heterocycles. The third-order valence-electron chi connectivity index (χ3n) is 8.75. The van der Waals surface area contributed by atoms with E-state index in [1.165, 1.54) is 24.0 Å². The average Bonchev–Trinajstić information content (AvgIpc) is 3.16. The number of thioether (sulfide) groups is 1. The smallest absolute Gasteiger partial charge is 0.313 e. The van der Waals surface area contributed by atoms with Crippen molar-refractivity contribution in [3.63, 3.8) is 0 Å². The van der Waals surface area contributed by atoms with Gasteiger partial charge in [0.05, 0.1) is 12.0 Å². The lowest BCUT2D eigenvalue weighted by Crippen LogP contribution is -2.64. The normalized spacial score (nSPS) is 21.1. The van der Waals surface area contributed by atoms with Gasteiger partial charge in [-0.05, 0) is 42.0 Å². The SMILES string of the molecule is CCCCC1CCN2C(=O)c3c(OC(=O)C(C)C)c(=O)ccn3N(C3c4ccccc4SCc4c3ccc(F)c4F)C2C1. The number of esters is 1. The molecule has 1 aromatic heterocycles. The number of unbranched alkanes of at least 4 members (excludes halogenated alkanes) is 1. The van der Waals surface area contributed by atoms with Crippen LogP contribution in [0.15, 0.2) is 58.4 Å². The zero-order valence-corrected chi connectivity index (χ0v) is 25.3. The number of nitrogens with zero attached hydrogens (tertiary/aromatic N) is 3. The summed E-state index contributed by atoms with van der Waals surface area (Å²) in [7, 11) is 0. The second kappa shape index (κ2) is 11.8. The summed E-state index contributed by atoms with van der Waals surface area (Å²) in [5.74, 6) is -3.05. The molecule has 43 heavy (non-hydrogen) atoms. The molecule has 2 aromatic carbocycles. The molecule has 3 aliphatic heterocycles. The summed E-state index contributed by atoms with van der Waals surface area (Å²) in [6.07, 6.45) is 5.73. The summed E-state index contributed by atoms with van der Waals surface area (Å²) in [6.45, 7) is 5.93. The summed E-state index contributed by atoms with van der Waals surface area (Å²) in [5, 5.41) is 2.02. The van der Waals surface area contributed by atoms with Crippen LogP contribution < -0.4 is 15.2 Å². The quantitative estimate of drug-likeness (QED) is 0.302. The van der Waals surface area contributed by atoms with Gasteiger partial charge in [-0.15, -0.1) is 11.8 Å². The molecule has 0 N–H and O–H groups in total. The molecule has 0 bridgehead atoms. The van der Waals surface area contributed by atoms with Crippen molar-refractivity contribution in [3.05, 3.63) is 92.9 Å². The van der Waals surface area contributed by atoms with Gasteiger partial charge in [-0.2, -0.15) is 0 Å². The van der Waals surface area contributed by atoms with Crippen LogP contribution in [-0.4, -0.2) is 34.2 Å². The van der Waals surface area contributed by atoms with Crippen LogP contribution in [0.1, 0.15) is 86.1 Å². The van der Waals surface area contributed by atoms with Crippen LogP contribution in [0.2, 0.25) is 0 Å². The Morgan fingerprint density at radius 3 is 2.65 bits per heavy atom. The number of halogens is 2. The Bertz CT molecular complexity index is 1640. The van der Waals surface area contributed by atoms with Gasteiger partial charge in [-0.1, -0.05) is 64.3 Å². The predicted octanol–water partition coefficient (Wildman–Crippen LogP) is 6.40. The molecule has 3 atom stereocenters. The van der Waals surface area contributed by atoms with Crippen LogP contribution in [0.5, 0.6) is 5.75 Å². The van der Waals surface area contributed by atoms with E-state index in [4.69, 9.17) is 4.74 Å². The first-order chi connectivity index (χ1) is 20.7. The Hall–Kier alpha value is -3.66. The molecule has 1 saturated heterocycles. The molecule has 6 rings (SSSR count). The second-order valence-electron chi connectivity index (χ2n) is 11.8. The van der Waals surface area contributed by atoms with Gasteiger partial charge in [0.2, 0.25) is 11.2 Å². The van der Waals surface area contributed by atoms with Crippen LogP contribution in [0, 0.1) is 23.5 Å². The molecule has 3 unspecified atom stereocenters. The molecule has 0 aliphatic carbocycles. The maximum absolute atomic E-state index is 15.5. The number of benzene rings is 2. The number of piperidine rings is 1. The van der Waals surface area contributed by atoms with Crippen molar-refractivity contribution in [2.75, 3.05) is 11.6 Å². The van der Waals surface area contributed by atoms with Crippen LogP contribution in [-0.2, 0) is 10.5 Å². The Kier molecular flexibility index (Phi) is 8.06. The van der Waals surface area contributed by atoms with Gasteiger partial charge < -0.3 is 9.64 Å². The van der Waals surface area contributed by atoms with E-state index in [0.717, 1.165) is 42.2 Å². The number of pyridine rings is 1. The first-order valence-corrected chi connectivity index (χ1v) is 15.9. The number of aromatic nitrogens is 1. The van der Waals surface area contributed by atoms with Crippen molar-refractivity contribution in [2.45, 2.75) is 75.7 Å². The van der Waals surface area contributed by atoms with E-state index in [0.29, 0.717) is 24.4 Å². The molecule has 1 amide bonds. The van der Waals surface area contributed by atoms with Gasteiger partial charge in [0, 0.05) is 35.0 Å². The number of carbonyl (C=O) groups excluding carboxylic acids is 2. The van der Waals surface area contributed by atoms with E-state index < -0.39 is 41.2 Å². The van der Waals surface area contributed by atoms with Crippen LogP contribution >= 0.6 is 11.8 Å². The molecule has 1 fully saturated rings. The summed E-state index contributed by atoms with van der Waals surface area (Å²) in [4.78, 5) is 42.8. The molecule has 0 radical (unpaired) electrons. The number of amides is 1. The van der Waals surface area contributed by atoms with E-state index in [1.54, 1.807) is 29.5 Å². The Morgan fingerprint density at radius 2 is 1.88 bits per heavy atom. The van der Waals surface area contributed by atoms with Gasteiger partial charge in [0.15, 0.2) is 17.3 Å². The number of carbonyl (C=O) groups is 2. The number of hydrogen-bond acceptors (Lipinski definition) is 6. The number of rotatable bonds is 6. The van der Waals surface area contributed by atoms with Crippen molar-refractivity contribution >= 4 is 23.6 Å². The molecular weight excluding hydrogens is 572 g/mol.